The molecule has 2 amide bonds. The van der Waals surface area contributed by atoms with E-state index in [1.165, 1.54) is 0 Å². The highest BCUT2D eigenvalue weighted by atomic mass is 16.3. The van der Waals surface area contributed by atoms with Crippen LogP contribution >= 0.6 is 0 Å². The van der Waals surface area contributed by atoms with Gasteiger partial charge < -0.3 is 21.3 Å². The van der Waals surface area contributed by atoms with Crippen LogP contribution in [-0.2, 0) is 9.59 Å². The minimum Gasteiger partial charge on any atom is -0.394 e. The van der Waals surface area contributed by atoms with E-state index < -0.39 is 31.1 Å². The minimum atomic E-state index is -1.12. The van der Waals surface area contributed by atoms with Gasteiger partial charge in [-0.05, 0) is 0 Å². The first-order chi connectivity index (χ1) is 5.11. The van der Waals surface area contributed by atoms with Gasteiger partial charge in [0.05, 0.1) is 6.61 Å². The molecule has 1 unspecified atom stereocenters. The summed E-state index contributed by atoms with van der Waals surface area (Å²) in [6.07, 6.45) is 0. The Balaban J connectivity index is 3.88. The van der Waals surface area contributed by atoms with E-state index in [-0.39, 0.29) is 0 Å². The van der Waals surface area contributed by atoms with Crippen molar-refractivity contribution in [3.63, 3.8) is 0 Å². The summed E-state index contributed by atoms with van der Waals surface area (Å²) in [7, 11) is 0. The van der Waals surface area contributed by atoms with Gasteiger partial charge in [0.25, 0.3) is 0 Å². The molecule has 1 atom stereocenters. The lowest BCUT2D eigenvalue weighted by atomic mass is 10.3. The van der Waals surface area contributed by atoms with E-state index in [2.05, 4.69) is 0 Å². The summed E-state index contributed by atoms with van der Waals surface area (Å²) in [6.45, 7) is -1.30. The number of hydrogen-bond donors (Lipinski definition) is 4. The lowest BCUT2D eigenvalue weighted by Crippen LogP contribution is -2.47. The molecule has 11 heavy (non-hydrogen) atoms. The Bertz CT molecular complexity index is 159. The van der Waals surface area contributed by atoms with E-state index >= 15 is 0 Å². The van der Waals surface area contributed by atoms with Gasteiger partial charge in [0.2, 0.25) is 11.8 Å². The Kier molecular flexibility index (Phi) is 4.16. The Morgan fingerprint density at radius 1 is 1.45 bits per heavy atom. The largest absolute Gasteiger partial charge is 0.394 e. The van der Waals surface area contributed by atoms with E-state index in [4.69, 9.17) is 15.9 Å². The fourth-order valence-corrected chi connectivity index (χ4v) is 0.447. The first-order valence-electron chi connectivity index (χ1n) is 2.92. The van der Waals surface area contributed by atoms with Crippen LogP contribution in [0.15, 0.2) is 0 Å². The second-order valence-electron chi connectivity index (χ2n) is 1.86. The molecular weight excluding hydrogens is 152 g/mol. The maximum atomic E-state index is 10.4. The monoisotopic (exact) mass is 162 g/mol. The van der Waals surface area contributed by atoms with E-state index in [0.717, 1.165) is 0 Å². The lowest BCUT2D eigenvalue weighted by molar-refractivity contribution is -0.129. The number of nitrogens with two attached hydrogens (primary N) is 1. The second kappa shape index (κ2) is 4.64. The Labute approximate surface area is 63.0 Å². The van der Waals surface area contributed by atoms with Crippen molar-refractivity contribution >= 4 is 11.8 Å². The summed E-state index contributed by atoms with van der Waals surface area (Å²) in [5.74, 6) is -1.59. The number of primary amides is 1. The van der Waals surface area contributed by atoms with Crippen molar-refractivity contribution in [1.82, 2.24) is 5.32 Å². The summed E-state index contributed by atoms with van der Waals surface area (Å²) < 4.78 is 0. The van der Waals surface area contributed by atoms with Gasteiger partial charge in [-0.15, -0.1) is 0 Å². The average Bonchev–Trinajstić information content (AvgIpc) is 1.99. The Morgan fingerprint density at radius 3 is 2.27 bits per heavy atom. The van der Waals surface area contributed by atoms with Crippen LogP contribution < -0.4 is 11.1 Å². The van der Waals surface area contributed by atoms with Crippen molar-refractivity contribution in [1.29, 1.82) is 0 Å². The molecule has 0 aromatic heterocycles. The molecule has 0 aliphatic heterocycles. The maximum absolute atomic E-state index is 10.4. The molecule has 64 valence electrons. The van der Waals surface area contributed by atoms with Gasteiger partial charge in [-0.25, -0.2) is 0 Å². The molecule has 5 N–H and O–H groups in total. The predicted molar refractivity (Wildman–Crippen MR) is 35.3 cm³/mol. The van der Waals surface area contributed by atoms with Crippen molar-refractivity contribution in [3.05, 3.63) is 0 Å². The molecule has 0 radical (unpaired) electrons. The molecule has 0 saturated heterocycles. The fourth-order valence-electron chi connectivity index (χ4n) is 0.447. The zero-order valence-electron chi connectivity index (χ0n) is 5.78. The summed E-state index contributed by atoms with van der Waals surface area (Å²) in [5.41, 5.74) is 4.75. The van der Waals surface area contributed by atoms with Gasteiger partial charge in [-0.1, -0.05) is 0 Å². The van der Waals surface area contributed by atoms with Crippen molar-refractivity contribution in [3.8, 4) is 0 Å². The van der Waals surface area contributed by atoms with Gasteiger partial charge in [-0.2, -0.15) is 0 Å². The Morgan fingerprint density at radius 2 is 2.00 bits per heavy atom. The number of aliphatic hydroxyl groups is 2. The smallest absolute Gasteiger partial charge is 0.246 e. The molecule has 0 saturated carbocycles. The number of nitrogens with one attached hydrogen (secondary N) is 1. The van der Waals surface area contributed by atoms with Crippen LogP contribution in [0.3, 0.4) is 0 Å². The number of carbonyl (C=O) groups is 2. The second-order valence-corrected chi connectivity index (χ2v) is 1.86. The Hall–Kier alpha value is -1.14. The zero-order valence-corrected chi connectivity index (χ0v) is 5.78. The highest BCUT2D eigenvalue weighted by Gasteiger charge is 2.15. The number of rotatable bonds is 4. The summed E-state index contributed by atoms with van der Waals surface area (Å²) in [6, 6.07) is -1.12. The molecule has 0 aromatic carbocycles. The third kappa shape index (κ3) is 3.54. The van der Waals surface area contributed by atoms with Gasteiger partial charge in [0, 0.05) is 0 Å². The molecule has 0 bridgehead atoms. The first-order valence-corrected chi connectivity index (χ1v) is 2.92. The molecule has 6 heteroatoms. The van der Waals surface area contributed by atoms with Crippen molar-refractivity contribution in [2.75, 3.05) is 13.2 Å². The maximum Gasteiger partial charge on any atom is 0.246 e. The molecule has 0 aliphatic rings. The molecule has 0 aliphatic carbocycles. The molecule has 0 rings (SSSR count). The summed E-state index contributed by atoms with van der Waals surface area (Å²) in [4.78, 5) is 20.8. The SMILES string of the molecule is NC(=O)C(CO)NC(=O)CO. The molecule has 0 spiro atoms. The molecule has 0 heterocycles. The topological polar surface area (TPSA) is 113 Å². The zero-order chi connectivity index (χ0) is 8.85. The predicted octanol–water partition coefficient (Wildman–Crippen LogP) is -3.06. The van der Waals surface area contributed by atoms with Crippen molar-refractivity contribution in [2.45, 2.75) is 6.04 Å². The first kappa shape index (κ1) is 9.86. The molecule has 6 nitrogen and oxygen atoms in total. The van der Waals surface area contributed by atoms with E-state index in [9.17, 15) is 9.59 Å². The van der Waals surface area contributed by atoms with Crippen LogP contribution in [0.4, 0.5) is 0 Å². The molecule has 0 aromatic rings. The minimum absolute atomic E-state index is 0.568. The standard InChI is InChI=1S/C5H10N2O4/c6-5(11)3(1-8)7-4(10)2-9/h3,8-9H,1-2H2,(H2,6,11)(H,7,10). The van der Waals surface area contributed by atoms with Crippen LogP contribution in [0.2, 0.25) is 0 Å². The number of carbonyl (C=O) groups excluding carboxylic acids is 2. The van der Waals surface area contributed by atoms with Crippen LogP contribution in [0, 0.1) is 0 Å². The van der Waals surface area contributed by atoms with E-state index in [1.807, 2.05) is 5.32 Å². The van der Waals surface area contributed by atoms with E-state index in [1.54, 1.807) is 0 Å². The lowest BCUT2D eigenvalue weighted by Gasteiger charge is -2.10. The summed E-state index contributed by atoms with van der Waals surface area (Å²) >= 11 is 0. The van der Waals surface area contributed by atoms with Crippen molar-refractivity contribution < 1.29 is 19.8 Å². The van der Waals surface area contributed by atoms with Crippen LogP contribution in [-0.4, -0.2) is 41.3 Å². The number of hydrogen-bond acceptors (Lipinski definition) is 4. The number of amides is 2. The third-order valence-corrected chi connectivity index (χ3v) is 1.00. The highest BCUT2D eigenvalue weighted by molar-refractivity contribution is 5.86. The molecular formula is C5H10N2O4. The van der Waals surface area contributed by atoms with Crippen LogP contribution in [0.25, 0.3) is 0 Å². The normalized spacial score (nSPS) is 12.2. The van der Waals surface area contributed by atoms with Crippen molar-refractivity contribution in [2.24, 2.45) is 5.73 Å². The molecule has 0 fully saturated rings. The van der Waals surface area contributed by atoms with Crippen LogP contribution in [0.1, 0.15) is 0 Å². The van der Waals surface area contributed by atoms with E-state index in [0.29, 0.717) is 0 Å². The third-order valence-electron chi connectivity index (χ3n) is 1.00. The summed E-state index contributed by atoms with van der Waals surface area (Å²) in [5, 5.41) is 18.7. The van der Waals surface area contributed by atoms with Gasteiger partial charge in [0.15, 0.2) is 0 Å². The highest BCUT2D eigenvalue weighted by Crippen LogP contribution is 1.78. The quantitative estimate of drug-likeness (QED) is 0.351. The van der Waals surface area contributed by atoms with Gasteiger partial charge >= 0.3 is 0 Å². The number of aliphatic hydroxyl groups excluding tert-OH is 2. The van der Waals surface area contributed by atoms with Crippen LogP contribution in [0.5, 0.6) is 0 Å². The van der Waals surface area contributed by atoms with Gasteiger partial charge in [-0.3, -0.25) is 9.59 Å². The average molecular weight is 162 g/mol. The van der Waals surface area contributed by atoms with Gasteiger partial charge in [0.1, 0.15) is 12.6 Å². The fraction of sp³-hybridized carbons (Fsp3) is 0.600.